The van der Waals surface area contributed by atoms with Crippen LogP contribution in [0.2, 0.25) is 0 Å². The second-order valence-corrected chi connectivity index (χ2v) is 19.8. The lowest BCUT2D eigenvalue weighted by Gasteiger charge is -2.10. The number of halogens is 1. The highest BCUT2D eigenvalue weighted by Crippen LogP contribution is 2.40. The molecule has 0 saturated carbocycles. The van der Waals surface area contributed by atoms with E-state index in [1.165, 1.54) is 203 Å². The molecule has 4 heteroatoms. The molecule has 0 aliphatic carbocycles. The number of benzene rings is 6. The van der Waals surface area contributed by atoms with Crippen molar-refractivity contribution in [3.8, 4) is 22.3 Å². The van der Waals surface area contributed by atoms with Crippen molar-refractivity contribution in [1.82, 2.24) is 13.7 Å². The molecule has 0 atom stereocenters. The largest absolute Gasteiger partial charge is 0.340 e. The molecule has 3 heterocycles. The predicted molar refractivity (Wildman–Crippen MR) is 284 cm³/mol. The van der Waals surface area contributed by atoms with Crippen LogP contribution in [0.5, 0.6) is 0 Å². The molecule has 0 spiro atoms. The highest BCUT2D eigenvalue weighted by molar-refractivity contribution is 9.10. The zero-order chi connectivity index (χ0) is 43.8. The van der Waals surface area contributed by atoms with Gasteiger partial charge in [-0.2, -0.15) is 0 Å². The normalized spacial score (nSPS) is 12.1. The van der Waals surface area contributed by atoms with Crippen LogP contribution < -0.4 is 0 Å². The summed E-state index contributed by atoms with van der Waals surface area (Å²) < 4.78 is 8.91. The van der Waals surface area contributed by atoms with Crippen molar-refractivity contribution in [2.45, 2.75) is 156 Å². The Morgan fingerprint density at radius 1 is 0.297 bits per heavy atom. The Bertz CT molecular complexity index is 2990. The Morgan fingerprint density at radius 3 is 0.984 bits per heavy atom. The molecule has 3 nitrogen and oxygen atoms in total. The second-order valence-electron chi connectivity index (χ2n) is 18.9. The van der Waals surface area contributed by atoms with E-state index in [-0.39, 0.29) is 0 Å². The van der Waals surface area contributed by atoms with E-state index in [1.807, 2.05) is 0 Å². The van der Waals surface area contributed by atoms with Crippen LogP contribution in [0.15, 0.2) is 120 Å². The summed E-state index contributed by atoms with van der Waals surface area (Å²) in [6, 6.07) is 44.9. The van der Waals surface area contributed by atoms with Gasteiger partial charge in [0.25, 0.3) is 0 Å². The number of hydrogen-bond donors (Lipinski definition) is 0. The Morgan fingerprint density at radius 2 is 0.594 bits per heavy atom. The van der Waals surface area contributed by atoms with Crippen LogP contribution in [0.4, 0.5) is 0 Å². The van der Waals surface area contributed by atoms with Crippen molar-refractivity contribution >= 4 is 81.3 Å². The summed E-state index contributed by atoms with van der Waals surface area (Å²) in [4.78, 5) is 0. The lowest BCUT2D eigenvalue weighted by atomic mass is 9.98. The quantitative estimate of drug-likeness (QED) is 0.0568. The maximum atomic E-state index is 3.82. The molecule has 9 aromatic rings. The number of rotatable bonds is 23. The van der Waals surface area contributed by atoms with Gasteiger partial charge in [0.05, 0.1) is 0 Å². The first-order valence-corrected chi connectivity index (χ1v) is 26.2. The highest BCUT2D eigenvalue weighted by atomic mass is 79.9. The number of nitrogens with zero attached hydrogens (tertiary/aromatic N) is 3. The van der Waals surface area contributed by atoms with Gasteiger partial charge in [0.1, 0.15) is 0 Å². The van der Waals surface area contributed by atoms with Gasteiger partial charge in [0.15, 0.2) is 0 Å². The Kier molecular flexibility index (Phi) is 14.6. The van der Waals surface area contributed by atoms with E-state index in [9.17, 15) is 0 Å². The molecule has 3 aromatic heterocycles. The Balaban J connectivity index is 1.09. The van der Waals surface area contributed by atoms with E-state index in [2.05, 4.69) is 166 Å². The maximum absolute atomic E-state index is 3.82. The standard InChI is InChI=1S/C60H70BrN3/c1-4-7-10-13-16-21-36-62-55-25-20-19-24-49(55)50-39-44(26-31-56(50)62)45-27-32-57-51(40-45)52-41-46(28-33-58(52)63(57)37-22-17-14-11-8-5-2)47-29-34-59-53(42-47)54-43-48(61)30-35-60(54)64(59)38-23-18-15-12-9-6-3/h19-20,24-35,39-43H,4-18,21-23,36-38H2,1-3H3. The second kappa shape index (κ2) is 21.0. The average molecular weight is 913 g/mol. The molecule has 0 aliphatic heterocycles. The first kappa shape index (κ1) is 44.4. The van der Waals surface area contributed by atoms with Gasteiger partial charge in [-0.3, -0.25) is 0 Å². The molecule has 0 amide bonds. The van der Waals surface area contributed by atoms with E-state index >= 15 is 0 Å². The molecule has 0 fully saturated rings. The third-order valence-electron chi connectivity index (χ3n) is 14.3. The molecule has 0 radical (unpaired) electrons. The van der Waals surface area contributed by atoms with Crippen LogP contribution in [-0.2, 0) is 19.6 Å². The number of aryl methyl sites for hydroxylation is 3. The van der Waals surface area contributed by atoms with Gasteiger partial charge < -0.3 is 13.7 Å². The molecule has 0 aliphatic rings. The summed E-state index contributed by atoms with van der Waals surface area (Å²) in [6.07, 6.45) is 23.5. The number of aromatic nitrogens is 3. The summed E-state index contributed by atoms with van der Waals surface area (Å²) in [5.41, 5.74) is 13.2. The van der Waals surface area contributed by atoms with Crippen LogP contribution in [0, 0.1) is 0 Å². The van der Waals surface area contributed by atoms with Gasteiger partial charge in [0.2, 0.25) is 0 Å². The van der Waals surface area contributed by atoms with E-state index in [0.29, 0.717) is 0 Å². The van der Waals surface area contributed by atoms with Crippen molar-refractivity contribution in [2.24, 2.45) is 0 Å². The topological polar surface area (TPSA) is 14.8 Å². The van der Waals surface area contributed by atoms with Crippen molar-refractivity contribution < 1.29 is 0 Å². The van der Waals surface area contributed by atoms with Gasteiger partial charge >= 0.3 is 0 Å². The number of fused-ring (bicyclic) bond motifs is 9. The summed E-state index contributed by atoms with van der Waals surface area (Å²) in [6.45, 7) is 10.1. The summed E-state index contributed by atoms with van der Waals surface area (Å²) in [5, 5.41) is 8.11. The molecule has 0 unspecified atom stereocenters. The third kappa shape index (κ3) is 9.32. The first-order valence-electron chi connectivity index (χ1n) is 25.4. The zero-order valence-electron chi connectivity index (χ0n) is 39.0. The van der Waals surface area contributed by atoms with E-state index < -0.39 is 0 Å². The van der Waals surface area contributed by atoms with Gasteiger partial charge in [-0.1, -0.05) is 175 Å². The molecule has 0 N–H and O–H groups in total. The molecular formula is C60H70BrN3. The number of unbranched alkanes of at least 4 members (excludes halogenated alkanes) is 15. The minimum absolute atomic E-state index is 1.05. The highest BCUT2D eigenvalue weighted by Gasteiger charge is 2.17. The average Bonchev–Trinajstić information content (AvgIpc) is 3.93. The number of hydrogen-bond acceptors (Lipinski definition) is 0. The van der Waals surface area contributed by atoms with Crippen LogP contribution in [-0.4, -0.2) is 13.7 Å². The van der Waals surface area contributed by atoms with Crippen LogP contribution in [0.25, 0.3) is 87.7 Å². The predicted octanol–water partition coefficient (Wildman–Crippen LogP) is 19.2. The molecule has 64 heavy (non-hydrogen) atoms. The fourth-order valence-corrected chi connectivity index (χ4v) is 11.2. The van der Waals surface area contributed by atoms with Crippen LogP contribution >= 0.6 is 15.9 Å². The molecule has 332 valence electrons. The zero-order valence-corrected chi connectivity index (χ0v) is 40.6. The summed E-state index contributed by atoms with van der Waals surface area (Å²) in [7, 11) is 0. The lowest BCUT2D eigenvalue weighted by molar-refractivity contribution is 0.571. The van der Waals surface area contributed by atoms with Crippen molar-refractivity contribution in [3.05, 3.63) is 120 Å². The van der Waals surface area contributed by atoms with Crippen LogP contribution in [0.3, 0.4) is 0 Å². The smallest absolute Gasteiger partial charge is 0.0492 e. The minimum atomic E-state index is 1.05. The maximum Gasteiger partial charge on any atom is 0.0492 e. The van der Waals surface area contributed by atoms with Gasteiger partial charge in [-0.25, -0.2) is 0 Å². The SMILES string of the molecule is CCCCCCCCn1c2ccccc2c2cc(-c3ccc4c(c3)c3cc(-c5ccc6c(c5)c5cc(Br)ccc5n6CCCCCCCC)ccc3n4CCCCCCCC)ccc21. The Labute approximate surface area is 391 Å². The molecule has 9 rings (SSSR count). The molecule has 0 saturated heterocycles. The Hall–Kier alpha value is -4.80. The van der Waals surface area contributed by atoms with Gasteiger partial charge in [0, 0.05) is 89.5 Å². The van der Waals surface area contributed by atoms with Crippen LogP contribution in [0.1, 0.15) is 136 Å². The van der Waals surface area contributed by atoms with Gasteiger partial charge in [-0.15, -0.1) is 0 Å². The third-order valence-corrected chi connectivity index (χ3v) is 14.8. The lowest BCUT2D eigenvalue weighted by Crippen LogP contribution is -1.98. The minimum Gasteiger partial charge on any atom is -0.340 e. The van der Waals surface area contributed by atoms with E-state index in [0.717, 1.165) is 24.1 Å². The summed E-state index contributed by atoms with van der Waals surface area (Å²) >= 11 is 3.82. The number of para-hydroxylation sites is 1. The first-order chi connectivity index (χ1) is 31.6. The van der Waals surface area contributed by atoms with E-state index in [1.54, 1.807) is 0 Å². The van der Waals surface area contributed by atoms with Crippen molar-refractivity contribution in [2.75, 3.05) is 0 Å². The van der Waals surface area contributed by atoms with E-state index in [4.69, 9.17) is 0 Å². The van der Waals surface area contributed by atoms with Crippen molar-refractivity contribution in [3.63, 3.8) is 0 Å². The molecule has 6 aromatic carbocycles. The molecule has 0 bridgehead atoms. The van der Waals surface area contributed by atoms with Crippen molar-refractivity contribution in [1.29, 1.82) is 0 Å². The molecular weight excluding hydrogens is 843 g/mol. The fraction of sp³-hybridized carbons (Fsp3) is 0.400. The summed E-state index contributed by atoms with van der Waals surface area (Å²) in [5.74, 6) is 0. The fourth-order valence-electron chi connectivity index (χ4n) is 10.8. The monoisotopic (exact) mass is 911 g/mol. The van der Waals surface area contributed by atoms with Gasteiger partial charge in [-0.05, 0) is 114 Å².